The first-order chi connectivity index (χ1) is 3.29. The molecule has 1 rings (SSSR count). The maximum absolute atomic E-state index is 8.74. The summed E-state index contributed by atoms with van der Waals surface area (Å²) in [5, 5.41) is 8.74. The number of nitrogens with one attached hydrogen (secondary N) is 1. The van der Waals surface area contributed by atoms with Crippen molar-refractivity contribution in [3.05, 3.63) is 0 Å². The maximum atomic E-state index is 8.74. The van der Waals surface area contributed by atoms with Gasteiger partial charge in [-0.15, -0.1) is 4.70 Å². The summed E-state index contributed by atoms with van der Waals surface area (Å²) in [5.74, 6) is 0. The smallest absolute Gasteiger partial charge is 0.193 e. The number of aliphatic hydroxyl groups is 1. The minimum atomic E-state index is -0.238. The van der Waals surface area contributed by atoms with E-state index in [0.717, 1.165) is 13.0 Å². The molecule has 3 nitrogen and oxygen atoms in total. The van der Waals surface area contributed by atoms with Gasteiger partial charge in [0.15, 0.2) is 13.1 Å². The summed E-state index contributed by atoms with van der Waals surface area (Å²) >= 11 is 0. The summed E-state index contributed by atoms with van der Waals surface area (Å²) < 4.78 is 1.38. The van der Waals surface area contributed by atoms with Crippen LogP contribution >= 0.6 is 0 Å². The quantitative estimate of drug-likeness (QED) is 0.408. The van der Waals surface area contributed by atoms with Gasteiger partial charge in [-0.1, -0.05) is 5.53 Å². The van der Waals surface area contributed by atoms with Gasteiger partial charge in [0.1, 0.15) is 6.10 Å². The minimum absolute atomic E-state index is 0.238. The van der Waals surface area contributed by atoms with E-state index in [9.17, 15) is 0 Å². The van der Waals surface area contributed by atoms with E-state index in [1.165, 1.54) is 4.70 Å². The van der Waals surface area contributed by atoms with Crippen LogP contribution in [0.2, 0.25) is 0 Å². The van der Waals surface area contributed by atoms with Crippen molar-refractivity contribution in [1.82, 2.24) is 0 Å². The van der Waals surface area contributed by atoms with Gasteiger partial charge in [0.2, 0.25) is 0 Å². The van der Waals surface area contributed by atoms with Gasteiger partial charge in [0.25, 0.3) is 0 Å². The Bertz CT molecular complexity index is 91.7. The Labute approximate surface area is 42.1 Å². The molecule has 40 valence electrons. The highest BCUT2D eigenvalue weighted by Gasteiger charge is 2.22. The molecule has 2 N–H and O–H groups in total. The van der Waals surface area contributed by atoms with Gasteiger partial charge >= 0.3 is 0 Å². The zero-order valence-corrected chi connectivity index (χ0v) is 4.09. The standard InChI is InChI=1S/C4H9N2O/c5-6-2-1-4(7)3-6/h4-5,7H,1-3H2/q+1. The SMILES string of the molecule is N=[N+]1CCC(O)C1. The zero-order valence-electron chi connectivity index (χ0n) is 4.09. The normalized spacial score (nSPS) is 31.6. The maximum Gasteiger partial charge on any atom is 0.193 e. The molecule has 3 heteroatoms. The van der Waals surface area contributed by atoms with Crippen LogP contribution in [-0.4, -0.2) is 29.0 Å². The van der Waals surface area contributed by atoms with Crippen molar-refractivity contribution in [1.29, 1.82) is 5.53 Å². The highest BCUT2D eigenvalue weighted by Crippen LogP contribution is 2.00. The van der Waals surface area contributed by atoms with Crippen LogP contribution in [0.4, 0.5) is 0 Å². The van der Waals surface area contributed by atoms with E-state index in [1.54, 1.807) is 0 Å². The van der Waals surface area contributed by atoms with Crippen LogP contribution in [0.25, 0.3) is 0 Å². The summed E-state index contributed by atoms with van der Waals surface area (Å²) in [6, 6.07) is 0. The lowest BCUT2D eigenvalue weighted by Crippen LogP contribution is -2.07. The van der Waals surface area contributed by atoms with Crippen molar-refractivity contribution in [3.63, 3.8) is 0 Å². The predicted octanol–water partition coefficient (Wildman–Crippen LogP) is -0.206. The van der Waals surface area contributed by atoms with Gasteiger partial charge in [0, 0.05) is 6.42 Å². The highest BCUT2D eigenvalue weighted by atomic mass is 16.3. The molecule has 1 unspecified atom stereocenters. The van der Waals surface area contributed by atoms with Crippen LogP contribution < -0.4 is 0 Å². The second kappa shape index (κ2) is 1.58. The molecule has 0 aliphatic carbocycles. The molecular weight excluding hydrogens is 92.1 g/mol. The average Bonchev–Trinajstić information content (AvgIpc) is 1.87. The van der Waals surface area contributed by atoms with Crippen LogP contribution in [-0.2, 0) is 0 Å². The fraction of sp³-hybridized carbons (Fsp3) is 1.00. The van der Waals surface area contributed by atoms with E-state index in [1.807, 2.05) is 0 Å². The Morgan fingerprint density at radius 1 is 1.71 bits per heavy atom. The second-order valence-electron chi connectivity index (χ2n) is 1.89. The van der Waals surface area contributed by atoms with E-state index in [2.05, 4.69) is 0 Å². The molecule has 1 aliphatic heterocycles. The Kier molecular flexibility index (Phi) is 1.06. The van der Waals surface area contributed by atoms with Crippen molar-refractivity contribution < 1.29 is 9.80 Å². The predicted molar refractivity (Wildman–Crippen MR) is 23.3 cm³/mol. The van der Waals surface area contributed by atoms with E-state index in [-0.39, 0.29) is 6.10 Å². The van der Waals surface area contributed by atoms with Gasteiger partial charge in [0.05, 0.1) is 0 Å². The fourth-order valence-corrected chi connectivity index (χ4v) is 0.742. The number of nitrogens with zero attached hydrogens (tertiary/aromatic N) is 1. The molecule has 1 atom stereocenters. The van der Waals surface area contributed by atoms with Gasteiger partial charge < -0.3 is 5.11 Å². The summed E-state index contributed by atoms with van der Waals surface area (Å²) in [6.45, 7) is 1.25. The molecule has 7 heavy (non-hydrogen) atoms. The molecule has 0 radical (unpaired) electrons. The lowest BCUT2D eigenvalue weighted by atomic mass is 10.3. The van der Waals surface area contributed by atoms with Crippen molar-refractivity contribution in [2.24, 2.45) is 0 Å². The summed E-state index contributed by atoms with van der Waals surface area (Å²) in [6.07, 6.45) is 0.529. The van der Waals surface area contributed by atoms with E-state index < -0.39 is 0 Å². The van der Waals surface area contributed by atoms with E-state index in [0.29, 0.717) is 6.54 Å². The first-order valence-electron chi connectivity index (χ1n) is 2.43. The molecule has 0 saturated carbocycles. The van der Waals surface area contributed by atoms with E-state index in [4.69, 9.17) is 10.6 Å². The Morgan fingerprint density at radius 3 is 2.57 bits per heavy atom. The Hall–Kier alpha value is -0.440. The molecular formula is C4H9N2O+. The number of rotatable bonds is 0. The molecule has 0 bridgehead atoms. The van der Waals surface area contributed by atoms with Gasteiger partial charge in [-0.25, -0.2) is 0 Å². The third-order valence-corrected chi connectivity index (χ3v) is 1.16. The molecule has 0 aromatic carbocycles. The topological polar surface area (TPSA) is 47.1 Å². The summed E-state index contributed by atoms with van der Waals surface area (Å²) in [7, 11) is 0. The molecule has 0 spiro atoms. The van der Waals surface area contributed by atoms with Gasteiger partial charge in [-0.05, 0) is 0 Å². The largest absolute Gasteiger partial charge is 0.386 e. The third kappa shape index (κ3) is 0.962. The lowest BCUT2D eigenvalue weighted by Gasteiger charge is -1.84. The Morgan fingerprint density at radius 2 is 2.43 bits per heavy atom. The van der Waals surface area contributed by atoms with Crippen molar-refractivity contribution >= 4 is 0 Å². The fourth-order valence-electron chi connectivity index (χ4n) is 0.742. The van der Waals surface area contributed by atoms with Crippen LogP contribution in [0.15, 0.2) is 0 Å². The number of hydrogen-bond acceptors (Lipinski definition) is 2. The minimum Gasteiger partial charge on any atom is -0.386 e. The summed E-state index contributed by atoms with van der Waals surface area (Å²) in [5.41, 5.74) is 6.94. The van der Waals surface area contributed by atoms with Crippen LogP contribution in [0.5, 0.6) is 0 Å². The first kappa shape index (κ1) is 4.71. The van der Waals surface area contributed by atoms with Crippen LogP contribution in [0, 0.1) is 5.53 Å². The number of β-amino-alcohol motifs (C(OH)–C–C–N with tert-alkyl or cyclic N) is 1. The zero-order chi connectivity index (χ0) is 5.28. The average molecular weight is 101 g/mol. The molecule has 0 aromatic heterocycles. The molecule has 0 aromatic rings. The molecule has 1 saturated heterocycles. The van der Waals surface area contributed by atoms with Gasteiger partial charge in [-0.3, -0.25) is 0 Å². The highest BCUT2D eigenvalue weighted by molar-refractivity contribution is 4.55. The molecule has 1 aliphatic rings. The monoisotopic (exact) mass is 101 g/mol. The summed E-state index contributed by atoms with van der Waals surface area (Å²) in [4.78, 5) is 0. The molecule has 1 heterocycles. The van der Waals surface area contributed by atoms with Crippen molar-refractivity contribution in [2.45, 2.75) is 12.5 Å². The van der Waals surface area contributed by atoms with Gasteiger partial charge in [-0.2, -0.15) is 0 Å². The van der Waals surface area contributed by atoms with Crippen LogP contribution in [0.1, 0.15) is 6.42 Å². The number of hydrogen-bond donors (Lipinski definition) is 2. The number of aliphatic hydroxyl groups excluding tert-OH is 1. The van der Waals surface area contributed by atoms with Crippen molar-refractivity contribution in [3.8, 4) is 0 Å². The Balaban J connectivity index is 2.40. The lowest BCUT2D eigenvalue weighted by molar-refractivity contribution is -0.598. The molecule has 0 amide bonds. The molecule has 1 fully saturated rings. The van der Waals surface area contributed by atoms with Crippen molar-refractivity contribution in [2.75, 3.05) is 13.1 Å². The second-order valence-corrected chi connectivity index (χ2v) is 1.89. The first-order valence-corrected chi connectivity index (χ1v) is 2.43. The third-order valence-electron chi connectivity index (χ3n) is 1.16. The van der Waals surface area contributed by atoms with Crippen LogP contribution in [0.3, 0.4) is 0 Å². The van der Waals surface area contributed by atoms with E-state index >= 15 is 0 Å².